The third-order valence-electron chi connectivity index (χ3n) is 8.99. The Morgan fingerprint density at radius 1 is 0.588 bits per heavy atom. The van der Waals surface area contributed by atoms with Crippen LogP contribution in [0.4, 0.5) is 0 Å². The zero-order chi connectivity index (χ0) is 36.4. The van der Waals surface area contributed by atoms with Crippen LogP contribution in [0.1, 0.15) is 123 Å². The van der Waals surface area contributed by atoms with Crippen molar-refractivity contribution in [1.82, 2.24) is 0 Å². The van der Waals surface area contributed by atoms with E-state index in [0.717, 1.165) is 11.4 Å². The second-order valence-electron chi connectivity index (χ2n) is 17.4. The fourth-order valence-corrected chi connectivity index (χ4v) is 7.26. The van der Waals surface area contributed by atoms with Crippen LogP contribution in [-0.2, 0) is 45.9 Å². The summed E-state index contributed by atoms with van der Waals surface area (Å²) in [6, 6.07) is 30.8. The third kappa shape index (κ3) is 11.7. The molecule has 0 unspecified atom stereocenters. The van der Waals surface area contributed by atoms with Crippen LogP contribution in [0.15, 0.2) is 103 Å². The molecule has 51 heavy (non-hydrogen) atoms. The van der Waals surface area contributed by atoms with Gasteiger partial charge in [0.1, 0.15) is 0 Å². The average molecular weight is 818 g/mol. The SMILES string of the molecule is CC(C)(C)c1cc2[cH-]c3cc(C(C)(C)C)c(C(C)(C)C)cc3c2cc1C(C)(C)C.Clc1ccc([C](=[Zr+2])c2ccccc2)cc1.[C-]1=CC=CC1.[Cl-].[Cl-]. The van der Waals surface area contributed by atoms with E-state index in [4.69, 9.17) is 11.6 Å². The average Bonchev–Trinajstić information content (AvgIpc) is 3.71. The minimum atomic E-state index is 0. The van der Waals surface area contributed by atoms with E-state index in [0.29, 0.717) is 0 Å². The van der Waals surface area contributed by atoms with Crippen LogP contribution in [0.5, 0.6) is 0 Å². The van der Waals surface area contributed by atoms with E-state index in [1.807, 2.05) is 30.4 Å². The Labute approximate surface area is 341 Å². The van der Waals surface area contributed by atoms with Gasteiger partial charge in [0.15, 0.2) is 0 Å². The van der Waals surface area contributed by atoms with Gasteiger partial charge in [-0.1, -0.05) is 117 Å². The van der Waals surface area contributed by atoms with Crippen LogP contribution >= 0.6 is 11.6 Å². The van der Waals surface area contributed by atoms with Crippen LogP contribution < -0.4 is 24.8 Å². The number of benzene rings is 4. The minimum Gasteiger partial charge on any atom is -1.00 e. The summed E-state index contributed by atoms with van der Waals surface area (Å²) < 4.78 is 1.36. The summed E-state index contributed by atoms with van der Waals surface area (Å²) in [6.07, 6.45) is 10.0. The summed E-state index contributed by atoms with van der Waals surface area (Å²) >= 11 is 7.28. The molecule has 5 aromatic carbocycles. The van der Waals surface area contributed by atoms with Gasteiger partial charge in [-0.2, -0.15) is 6.08 Å². The second kappa shape index (κ2) is 17.8. The zero-order valence-corrected chi connectivity index (χ0v) is 37.4. The number of hydrogen-bond acceptors (Lipinski definition) is 0. The van der Waals surface area contributed by atoms with Gasteiger partial charge in [0.05, 0.1) is 0 Å². The van der Waals surface area contributed by atoms with Crippen molar-refractivity contribution in [2.24, 2.45) is 0 Å². The second-order valence-corrected chi connectivity index (χ2v) is 19.0. The topological polar surface area (TPSA) is 0 Å². The van der Waals surface area contributed by atoms with Crippen molar-refractivity contribution in [3.8, 4) is 0 Å². The summed E-state index contributed by atoms with van der Waals surface area (Å²) in [5.74, 6) is 0. The molecular weight excluding hydrogens is 762 g/mol. The van der Waals surface area contributed by atoms with Gasteiger partial charge >= 0.3 is 110 Å². The van der Waals surface area contributed by atoms with E-state index in [-0.39, 0.29) is 46.5 Å². The Morgan fingerprint density at radius 3 is 1.31 bits per heavy atom. The molecule has 6 rings (SSSR count). The number of halogens is 3. The van der Waals surface area contributed by atoms with Crippen molar-refractivity contribution < 1.29 is 49.0 Å². The molecule has 0 aromatic heterocycles. The first-order valence-corrected chi connectivity index (χ1v) is 19.1. The van der Waals surface area contributed by atoms with Gasteiger partial charge in [-0.25, -0.2) is 12.2 Å². The normalized spacial score (nSPS) is 12.8. The third-order valence-corrected chi connectivity index (χ3v) is 10.7. The molecule has 0 spiro atoms. The van der Waals surface area contributed by atoms with Crippen molar-refractivity contribution in [3.63, 3.8) is 0 Å². The molecule has 0 N–H and O–H groups in total. The minimum absolute atomic E-state index is 0. The Hall–Kier alpha value is -2.15. The summed E-state index contributed by atoms with van der Waals surface area (Å²) in [5.41, 5.74) is 8.95. The Kier molecular flexibility index (Phi) is 15.7. The largest absolute Gasteiger partial charge is 1.00 e. The first-order valence-electron chi connectivity index (χ1n) is 17.5. The number of rotatable bonds is 2. The molecule has 1 aliphatic carbocycles. The van der Waals surface area contributed by atoms with Gasteiger partial charge in [0, 0.05) is 0 Å². The molecule has 0 heterocycles. The molecule has 0 fully saturated rings. The van der Waals surface area contributed by atoms with E-state index < -0.39 is 0 Å². The van der Waals surface area contributed by atoms with Gasteiger partial charge < -0.3 is 24.8 Å². The van der Waals surface area contributed by atoms with Crippen LogP contribution in [-0.4, -0.2) is 3.21 Å². The quantitative estimate of drug-likeness (QED) is 0.161. The molecule has 0 bridgehead atoms. The molecule has 0 saturated carbocycles. The predicted octanol–water partition coefficient (Wildman–Crippen LogP) is 7.67. The molecule has 0 aliphatic heterocycles. The molecule has 5 aromatic rings. The molecule has 4 heteroatoms. The van der Waals surface area contributed by atoms with Crippen molar-refractivity contribution >= 4 is 36.4 Å². The van der Waals surface area contributed by atoms with E-state index in [1.54, 1.807) is 0 Å². The summed E-state index contributed by atoms with van der Waals surface area (Å²) in [5, 5.41) is 6.36. The van der Waals surface area contributed by atoms with E-state index in [2.05, 4.69) is 162 Å². The number of fused-ring (bicyclic) bond motifs is 3. The fraction of sp³-hybridized carbons (Fsp3) is 0.362. The Morgan fingerprint density at radius 2 is 0.980 bits per heavy atom. The molecule has 0 amide bonds. The molecule has 0 atom stereocenters. The van der Waals surface area contributed by atoms with Crippen LogP contribution in [0.3, 0.4) is 0 Å². The number of hydrogen-bond donors (Lipinski definition) is 0. The van der Waals surface area contributed by atoms with E-state index in [9.17, 15) is 0 Å². The number of allylic oxidation sites excluding steroid dienone is 4. The molecule has 1 aliphatic rings. The van der Waals surface area contributed by atoms with Crippen molar-refractivity contribution in [1.29, 1.82) is 0 Å². The van der Waals surface area contributed by atoms with E-state index in [1.165, 1.54) is 82.4 Å². The maximum atomic E-state index is 5.86. The molecule has 0 radical (unpaired) electrons. The maximum absolute atomic E-state index is 5.86. The van der Waals surface area contributed by atoms with Gasteiger partial charge in [-0.15, -0.1) is 46.2 Å². The first-order chi connectivity index (χ1) is 22.7. The zero-order valence-electron chi connectivity index (χ0n) is 32.7. The van der Waals surface area contributed by atoms with Crippen molar-refractivity contribution in [2.75, 3.05) is 0 Å². The smallest absolute Gasteiger partial charge is 0.109 e. The van der Waals surface area contributed by atoms with Crippen molar-refractivity contribution in [3.05, 3.63) is 148 Å². The molecule has 0 saturated heterocycles. The Bertz CT molecular complexity index is 1870. The van der Waals surface area contributed by atoms with Gasteiger partial charge in [-0.05, 0) is 21.7 Å². The van der Waals surface area contributed by atoms with Crippen LogP contribution in [0, 0.1) is 6.08 Å². The maximum Gasteiger partial charge on any atom is -0.109 e. The monoisotopic (exact) mass is 814 g/mol. The van der Waals surface area contributed by atoms with Crippen LogP contribution in [0.25, 0.3) is 21.5 Å². The Balaban J connectivity index is 0.000000340. The molecule has 270 valence electrons. The molecule has 0 nitrogen and oxygen atoms in total. The summed E-state index contributed by atoms with van der Waals surface area (Å²) in [4.78, 5) is 0. The summed E-state index contributed by atoms with van der Waals surface area (Å²) in [7, 11) is 0. The van der Waals surface area contributed by atoms with Crippen LogP contribution in [0.2, 0.25) is 5.02 Å². The predicted molar refractivity (Wildman–Crippen MR) is 215 cm³/mol. The van der Waals surface area contributed by atoms with Gasteiger partial charge in [-0.3, -0.25) is 6.08 Å². The summed E-state index contributed by atoms with van der Waals surface area (Å²) in [6.45, 7) is 28.0. The fourth-order valence-electron chi connectivity index (χ4n) is 6.32. The van der Waals surface area contributed by atoms with Crippen molar-refractivity contribution in [2.45, 2.75) is 111 Å². The molecular formula is C47H55Cl3Zr-2. The first kappa shape index (κ1) is 45.0. The standard InChI is InChI=1S/C29H41.C13H9Cl.C5H5.2ClH.Zr/c1-26(2,3)22-14-18-13-19-15-23(27(4,5)6)25(29(10,11)12)17-21(19)20(18)16-24(22)28(7,8)9;14-13-8-6-12(7-9-13)10-11-4-2-1-3-5-11;1-2-4-5-3-1;;;/h13-17H,1-12H3;1-9H;1-3H,4H2;2*1H;/q-1;;-1;;;+2/p-2. The van der Waals surface area contributed by atoms with Gasteiger partial charge in [0.25, 0.3) is 0 Å². The van der Waals surface area contributed by atoms with E-state index >= 15 is 0 Å². The van der Waals surface area contributed by atoms with Gasteiger partial charge in [0.2, 0.25) is 0 Å².